The molecule has 0 bridgehead atoms. The molecular formula is C30H31N5O3S. The van der Waals surface area contributed by atoms with E-state index in [9.17, 15) is 15.0 Å². The second-order valence-corrected chi connectivity index (χ2v) is 11.7. The third-order valence-electron chi connectivity index (χ3n) is 7.83. The van der Waals surface area contributed by atoms with Crippen molar-refractivity contribution >= 4 is 28.9 Å². The Bertz CT molecular complexity index is 1530. The second-order valence-electron chi connectivity index (χ2n) is 10.6. The summed E-state index contributed by atoms with van der Waals surface area (Å²) in [6.45, 7) is 2.02. The molecule has 0 amide bonds. The van der Waals surface area contributed by atoms with Gasteiger partial charge in [-0.1, -0.05) is 25.3 Å². The molecule has 200 valence electrons. The van der Waals surface area contributed by atoms with Crippen molar-refractivity contribution in [2.75, 3.05) is 5.32 Å². The molecule has 6 rings (SSSR count). The van der Waals surface area contributed by atoms with Crippen molar-refractivity contribution in [1.82, 2.24) is 19.9 Å². The maximum absolute atomic E-state index is 11.8. The van der Waals surface area contributed by atoms with Crippen LogP contribution in [0.4, 0.5) is 11.6 Å². The summed E-state index contributed by atoms with van der Waals surface area (Å²) in [5.74, 6) is 0.945. The van der Waals surface area contributed by atoms with Gasteiger partial charge in [-0.3, -0.25) is 0 Å². The van der Waals surface area contributed by atoms with Crippen LogP contribution in [0.15, 0.2) is 48.9 Å². The second kappa shape index (κ2) is 10.5. The highest BCUT2D eigenvalue weighted by Gasteiger charge is 2.39. The fourth-order valence-corrected chi connectivity index (χ4v) is 6.87. The van der Waals surface area contributed by atoms with Gasteiger partial charge in [-0.05, 0) is 80.0 Å². The van der Waals surface area contributed by atoms with Crippen LogP contribution in [-0.4, -0.2) is 36.1 Å². The highest BCUT2D eigenvalue weighted by atomic mass is 32.1. The van der Waals surface area contributed by atoms with Gasteiger partial charge in [-0.15, -0.1) is 11.3 Å². The number of carboxylic acids is 1. The molecule has 1 unspecified atom stereocenters. The van der Waals surface area contributed by atoms with Crippen LogP contribution in [0.5, 0.6) is 0 Å². The number of anilines is 2. The first-order valence-electron chi connectivity index (χ1n) is 13.5. The Labute approximate surface area is 231 Å². The monoisotopic (exact) mass is 541 g/mol. The molecule has 0 spiro atoms. The van der Waals surface area contributed by atoms with Crippen LogP contribution in [0.25, 0.3) is 10.6 Å². The van der Waals surface area contributed by atoms with Gasteiger partial charge < -0.3 is 15.5 Å². The molecule has 2 aliphatic carbocycles. The maximum atomic E-state index is 11.8. The van der Waals surface area contributed by atoms with Gasteiger partial charge in [0.25, 0.3) is 0 Å². The molecule has 3 aromatic heterocycles. The average molecular weight is 542 g/mol. The van der Waals surface area contributed by atoms with Crippen molar-refractivity contribution in [3.8, 4) is 10.6 Å². The third kappa shape index (κ3) is 5.16. The van der Waals surface area contributed by atoms with E-state index in [2.05, 4.69) is 20.3 Å². The van der Waals surface area contributed by atoms with Crippen molar-refractivity contribution in [3.05, 3.63) is 81.9 Å². The Kier molecular flexibility index (Phi) is 6.86. The lowest BCUT2D eigenvalue weighted by Gasteiger charge is -2.33. The Hall–Kier alpha value is -3.69. The summed E-state index contributed by atoms with van der Waals surface area (Å²) >= 11 is 1.42. The number of hydrogen-bond donors (Lipinski definition) is 3. The lowest BCUT2D eigenvalue weighted by atomic mass is 9.79. The number of nitrogens with zero attached hydrogens (tertiary/aromatic N) is 4. The normalized spacial score (nSPS) is 19.4. The van der Waals surface area contributed by atoms with Crippen molar-refractivity contribution in [2.45, 2.75) is 69.8 Å². The number of nitrogens with one attached hydrogen (secondary N) is 1. The minimum absolute atomic E-state index is 0.233. The number of carbonyl (C=O) groups is 1. The fourth-order valence-electron chi connectivity index (χ4n) is 5.86. The van der Waals surface area contributed by atoms with Gasteiger partial charge >= 0.3 is 5.97 Å². The number of aromatic carboxylic acids is 1. The van der Waals surface area contributed by atoms with E-state index in [0.29, 0.717) is 23.2 Å². The number of benzene rings is 1. The number of thiazole rings is 1. The number of rotatable bonds is 6. The summed E-state index contributed by atoms with van der Waals surface area (Å²) in [7, 11) is 0. The molecule has 9 heteroatoms. The smallest absolute Gasteiger partial charge is 0.335 e. The molecule has 3 N–H and O–H groups in total. The number of fused-ring (bicyclic) bond motifs is 1. The molecule has 0 aliphatic heterocycles. The summed E-state index contributed by atoms with van der Waals surface area (Å²) in [5, 5.41) is 25.1. The summed E-state index contributed by atoms with van der Waals surface area (Å²) < 4.78 is 0. The van der Waals surface area contributed by atoms with Gasteiger partial charge in [0.05, 0.1) is 16.1 Å². The standard InChI is InChI=1S/C30H31N5O3S/c1-18-12-24(34-27(13-18)35-26-15-23(32-17-33-26)19-6-3-2-4-7-19)25-16-31-29(39-25)30(38)11-5-8-20-14-21(28(36)37)9-10-22(20)30/h9-10,12-17,19,38H,2-8,11H2,1H3,(H,36,37)(H,32,33,34,35). The van der Waals surface area contributed by atoms with E-state index in [1.165, 1.54) is 43.4 Å². The quantitative estimate of drug-likeness (QED) is 0.258. The largest absolute Gasteiger partial charge is 0.478 e. The zero-order valence-corrected chi connectivity index (χ0v) is 22.7. The van der Waals surface area contributed by atoms with Crippen LogP contribution in [0, 0.1) is 6.92 Å². The molecule has 1 aromatic carbocycles. The third-order valence-corrected chi connectivity index (χ3v) is 9.00. The average Bonchev–Trinajstić information content (AvgIpc) is 3.45. The molecular weight excluding hydrogens is 510 g/mol. The first-order chi connectivity index (χ1) is 18.9. The Morgan fingerprint density at radius 3 is 2.69 bits per heavy atom. The molecule has 3 heterocycles. The van der Waals surface area contributed by atoms with Crippen molar-refractivity contribution < 1.29 is 15.0 Å². The molecule has 1 saturated carbocycles. The molecule has 1 atom stereocenters. The number of aryl methyl sites for hydroxylation is 2. The topological polar surface area (TPSA) is 121 Å². The van der Waals surface area contributed by atoms with Gasteiger partial charge in [-0.25, -0.2) is 24.7 Å². The number of carboxylic acid groups (broad SMARTS) is 1. The van der Waals surface area contributed by atoms with Crippen LogP contribution in [0.1, 0.15) is 88.6 Å². The first kappa shape index (κ1) is 25.6. The highest BCUT2D eigenvalue weighted by Crippen LogP contribution is 2.44. The predicted octanol–water partition coefficient (Wildman–Crippen LogP) is 6.37. The first-order valence-corrected chi connectivity index (χ1v) is 14.3. The maximum Gasteiger partial charge on any atom is 0.335 e. The van der Waals surface area contributed by atoms with E-state index in [-0.39, 0.29) is 5.56 Å². The lowest BCUT2D eigenvalue weighted by molar-refractivity contribution is 0.0607. The number of pyridine rings is 1. The van der Waals surface area contributed by atoms with Crippen LogP contribution in [0.3, 0.4) is 0 Å². The Morgan fingerprint density at radius 1 is 1.03 bits per heavy atom. The molecule has 39 heavy (non-hydrogen) atoms. The fraction of sp³-hybridized carbons (Fsp3) is 0.367. The lowest BCUT2D eigenvalue weighted by Crippen LogP contribution is -2.32. The predicted molar refractivity (Wildman–Crippen MR) is 151 cm³/mol. The van der Waals surface area contributed by atoms with Gasteiger partial charge in [0.15, 0.2) is 0 Å². The summed E-state index contributed by atoms with van der Waals surface area (Å²) in [5.41, 5.74) is 3.47. The Balaban J connectivity index is 1.27. The minimum atomic E-state index is -1.26. The SMILES string of the molecule is Cc1cc(Nc2cc(C3CCCCC3)ncn2)nc(-c2cnc(C3(O)CCCc4cc(C(=O)O)ccc43)s2)c1. The van der Waals surface area contributed by atoms with E-state index in [1.807, 2.05) is 25.1 Å². The number of aromatic nitrogens is 4. The van der Waals surface area contributed by atoms with Crippen molar-refractivity contribution in [3.63, 3.8) is 0 Å². The number of hydrogen-bond acceptors (Lipinski definition) is 8. The van der Waals surface area contributed by atoms with Crippen LogP contribution >= 0.6 is 11.3 Å². The van der Waals surface area contributed by atoms with E-state index in [1.54, 1.807) is 30.7 Å². The van der Waals surface area contributed by atoms with Crippen molar-refractivity contribution in [2.24, 2.45) is 0 Å². The number of aliphatic hydroxyl groups is 1. The summed E-state index contributed by atoms with van der Waals surface area (Å²) in [6, 6.07) is 11.0. The Morgan fingerprint density at radius 2 is 1.87 bits per heavy atom. The molecule has 0 radical (unpaired) electrons. The molecule has 2 aliphatic rings. The zero-order chi connectivity index (χ0) is 27.0. The molecule has 0 saturated heterocycles. The minimum Gasteiger partial charge on any atom is -0.478 e. The summed E-state index contributed by atoms with van der Waals surface area (Å²) in [6.07, 6.45) is 11.6. The van der Waals surface area contributed by atoms with Crippen LogP contribution in [-0.2, 0) is 12.0 Å². The van der Waals surface area contributed by atoms with Gasteiger partial charge in [0, 0.05) is 23.9 Å². The van der Waals surface area contributed by atoms with Gasteiger partial charge in [0.1, 0.15) is 28.6 Å². The van der Waals surface area contributed by atoms with E-state index in [4.69, 9.17) is 4.98 Å². The van der Waals surface area contributed by atoms with E-state index >= 15 is 0 Å². The van der Waals surface area contributed by atoms with Crippen LogP contribution < -0.4 is 5.32 Å². The van der Waals surface area contributed by atoms with Crippen molar-refractivity contribution in [1.29, 1.82) is 0 Å². The van der Waals surface area contributed by atoms with E-state index < -0.39 is 11.6 Å². The molecule has 1 fully saturated rings. The van der Waals surface area contributed by atoms with Gasteiger partial charge in [0.2, 0.25) is 0 Å². The summed E-state index contributed by atoms with van der Waals surface area (Å²) in [4.78, 5) is 30.7. The zero-order valence-electron chi connectivity index (χ0n) is 21.9. The molecule has 8 nitrogen and oxygen atoms in total. The van der Waals surface area contributed by atoms with Gasteiger partial charge in [-0.2, -0.15) is 0 Å². The van der Waals surface area contributed by atoms with E-state index in [0.717, 1.165) is 51.6 Å². The highest BCUT2D eigenvalue weighted by molar-refractivity contribution is 7.15. The molecule has 4 aromatic rings. The van der Waals surface area contributed by atoms with Crippen LogP contribution in [0.2, 0.25) is 0 Å².